The summed E-state index contributed by atoms with van der Waals surface area (Å²) in [6.45, 7) is 2.71. The van der Waals surface area contributed by atoms with Gasteiger partial charge in [0.15, 0.2) is 6.23 Å². The van der Waals surface area contributed by atoms with E-state index in [2.05, 4.69) is 15.0 Å². The van der Waals surface area contributed by atoms with Crippen LogP contribution in [0.4, 0.5) is 42.8 Å². The number of piperazine rings is 1. The topological polar surface area (TPSA) is 94.7 Å². The molecule has 0 aromatic carbocycles. The van der Waals surface area contributed by atoms with E-state index in [1.165, 1.54) is 9.80 Å². The second-order valence-corrected chi connectivity index (χ2v) is 8.53. The van der Waals surface area contributed by atoms with Gasteiger partial charge in [-0.15, -0.1) is 0 Å². The first-order chi connectivity index (χ1) is 16.8. The van der Waals surface area contributed by atoms with Crippen molar-refractivity contribution in [3.63, 3.8) is 0 Å². The molecule has 196 valence electrons. The minimum absolute atomic E-state index is 0.0783. The van der Waals surface area contributed by atoms with Crippen LogP contribution in [0.2, 0.25) is 0 Å². The number of rotatable bonds is 3. The Morgan fingerprint density at radius 3 is 2.39 bits per heavy atom. The summed E-state index contributed by atoms with van der Waals surface area (Å²) in [6.07, 6.45) is -7.39. The van der Waals surface area contributed by atoms with Crippen LogP contribution in [-0.4, -0.2) is 64.4 Å². The number of pyridine rings is 1. The second-order valence-electron chi connectivity index (χ2n) is 8.53. The molecule has 2 atom stereocenters. The van der Waals surface area contributed by atoms with Gasteiger partial charge in [-0.3, -0.25) is 4.79 Å². The third-order valence-electron chi connectivity index (χ3n) is 6.07. The maximum Gasteiger partial charge on any atom is 0.421 e. The Labute approximate surface area is 200 Å². The molecule has 2 unspecified atom stereocenters. The lowest BCUT2D eigenvalue weighted by molar-refractivity contribution is -0.139. The summed E-state index contributed by atoms with van der Waals surface area (Å²) in [6, 6.07) is 0.327. The first-order valence-corrected chi connectivity index (χ1v) is 11.0. The summed E-state index contributed by atoms with van der Waals surface area (Å²) >= 11 is 0. The van der Waals surface area contributed by atoms with Crippen molar-refractivity contribution in [3.8, 4) is 0 Å². The van der Waals surface area contributed by atoms with Crippen LogP contribution in [0.5, 0.6) is 0 Å². The van der Waals surface area contributed by atoms with Gasteiger partial charge in [0.05, 0.1) is 11.3 Å². The molecule has 2 aliphatic rings. The van der Waals surface area contributed by atoms with Crippen LogP contribution >= 0.6 is 0 Å². The summed E-state index contributed by atoms with van der Waals surface area (Å²) in [5.74, 6) is 0.100. The number of anilines is 2. The Bertz CT molecular complexity index is 1150. The van der Waals surface area contributed by atoms with Gasteiger partial charge in [0.1, 0.15) is 5.56 Å². The zero-order chi connectivity index (χ0) is 26.3. The van der Waals surface area contributed by atoms with Crippen LogP contribution < -0.4 is 15.4 Å². The highest BCUT2D eigenvalue weighted by Gasteiger charge is 2.38. The number of amides is 1. The van der Waals surface area contributed by atoms with Crippen LogP contribution in [0.25, 0.3) is 0 Å². The van der Waals surface area contributed by atoms with Crippen LogP contribution in [0.1, 0.15) is 30.9 Å². The molecule has 2 aliphatic heterocycles. The molecular weight excluding hydrogens is 498 g/mol. The molecule has 0 aliphatic carbocycles. The lowest BCUT2D eigenvalue weighted by Gasteiger charge is -2.40. The van der Waals surface area contributed by atoms with Gasteiger partial charge in [-0.1, -0.05) is 0 Å². The Balaban J connectivity index is 1.40. The molecule has 0 spiro atoms. The minimum atomic E-state index is -4.83. The van der Waals surface area contributed by atoms with Gasteiger partial charge < -0.3 is 24.4 Å². The maximum absolute atomic E-state index is 13.1. The van der Waals surface area contributed by atoms with Gasteiger partial charge in [0, 0.05) is 57.2 Å². The van der Waals surface area contributed by atoms with Crippen LogP contribution in [-0.2, 0) is 17.1 Å². The molecule has 2 aromatic heterocycles. The number of hydrogen-bond donors (Lipinski definition) is 1. The molecule has 2 fully saturated rings. The number of halogens is 6. The molecule has 2 aromatic rings. The number of H-pyrrole nitrogens is 1. The van der Waals surface area contributed by atoms with Crippen molar-refractivity contribution in [1.82, 2.24) is 19.9 Å². The Kier molecular flexibility index (Phi) is 6.75. The van der Waals surface area contributed by atoms with Crippen LogP contribution in [0, 0.1) is 0 Å². The molecule has 9 nitrogen and oxygen atoms in total. The molecule has 4 heterocycles. The summed E-state index contributed by atoms with van der Waals surface area (Å²) in [7, 11) is 0. The van der Waals surface area contributed by atoms with E-state index in [0.717, 1.165) is 12.3 Å². The fourth-order valence-corrected chi connectivity index (χ4v) is 4.23. The third-order valence-corrected chi connectivity index (χ3v) is 6.07. The van der Waals surface area contributed by atoms with Crippen molar-refractivity contribution in [2.45, 2.75) is 44.4 Å². The molecule has 0 bridgehead atoms. The molecule has 15 heteroatoms. The van der Waals surface area contributed by atoms with E-state index in [4.69, 9.17) is 4.74 Å². The van der Waals surface area contributed by atoms with Crippen molar-refractivity contribution in [1.29, 1.82) is 0 Å². The quantitative estimate of drug-likeness (QED) is 0.620. The molecule has 1 amide bonds. The highest BCUT2D eigenvalue weighted by Crippen LogP contribution is 2.32. The lowest BCUT2D eigenvalue weighted by Crippen LogP contribution is -2.55. The largest absolute Gasteiger partial charge is 0.425 e. The fourth-order valence-electron chi connectivity index (χ4n) is 4.23. The van der Waals surface area contributed by atoms with E-state index in [9.17, 15) is 35.9 Å². The number of alkyl halides is 6. The molecule has 0 saturated carbocycles. The number of hydrogen-bond acceptors (Lipinski definition) is 7. The number of nitrogens with zero attached hydrogens (tertiary/aromatic N) is 5. The predicted octanol–water partition coefficient (Wildman–Crippen LogP) is 3.48. The van der Waals surface area contributed by atoms with Crippen molar-refractivity contribution < 1.29 is 35.9 Å². The Hall–Kier alpha value is -3.52. The van der Waals surface area contributed by atoms with E-state index in [0.29, 0.717) is 31.8 Å². The molecular formula is C21H22F6N6O3. The average Bonchev–Trinajstić information content (AvgIpc) is 3.26. The van der Waals surface area contributed by atoms with Gasteiger partial charge in [0.25, 0.3) is 5.56 Å². The van der Waals surface area contributed by atoms with Crippen molar-refractivity contribution in [2.24, 2.45) is 0 Å². The molecule has 4 rings (SSSR count). The first-order valence-electron chi connectivity index (χ1n) is 11.0. The number of ether oxygens (including phenoxy) is 1. The summed E-state index contributed by atoms with van der Waals surface area (Å²) < 4.78 is 83.2. The normalized spacial score (nSPS) is 21.1. The zero-order valence-electron chi connectivity index (χ0n) is 18.9. The smallest absolute Gasteiger partial charge is 0.421 e. The number of carbonyl (C=O) groups is 1. The SMILES string of the molecule is CC1CN(c2ncc(C(F)(F)F)cn2)CCN1C(=O)OC1CCCN1c1c[nH]c(=O)c(C(F)(F)F)c1. The highest BCUT2D eigenvalue weighted by molar-refractivity contribution is 5.69. The van der Waals surface area contributed by atoms with Crippen molar-refractivity contribution >= 4 is 17.7 Å². The number of aromatic nitrogens is 3. The van der Waals surface area contributed by atoms with Gasteiger partial charge in [0.2, 0.25) is 5.95 Å². The molecule has 2 saturated heterocycles. The van der Waals surface area contributed by atoms with Gasteiger partial charge in [-0.05, 0) is 19.4 Å². The standard InChI is InChI=1S/C21H22F6N6O3/c1-12-11-31(18-29-8-13(9-30-18)20(22,23)24)5-6-32(12)19(35)36-16-3-2-4-33(16)14-7-15(21(25,26)27)17(34)28-10-14/h7-10,12,16H,2-6,11H2,1H3,(H,28,34). The summed E-state index contributed by atoms with van der Waals surface area (Å²) in [5.41, 5.74) is -3.49. The molecule has 1 N–H and O–H groups in total. The number of carbonyl (C=O) groups excluding carboxylic acids is 1. The monoisotopic (exact) mass is 520 g/mol. The molecule has 0 radical (unpaired) electrons. The van der Waals surface area contributed by atoms with Gasteiger partial charge >= 0.3 is 18.4 Å². The third kappa shape index (κ3) is 5.33. The number of aromatic amines is 1. The van der Waals surface area contributed by atoms with E-state index in [-0.39, 0.29) is 31.3 Å². The Morgan fingerprint density at radius 2 is 1.78 bits per heavy atom. The maximum atomic E-state index is 13.1. The lowest BCUT2D eigenvalue weighted by atomic mass is 10.2. The summed E-state index contributed by atoms with van der Waals surface area (Å²) in [4.78, 5) is 38.7. The van der Waals surface area contributed by atoms with Crippen molar-refractivity contribution in [2.75, 3.05) is 36.0 Å². The van der Waals surface area contributed by atoms with Crippen LogP contribution in [0.3, 0.4) is 0 Å². The number of nitrogens with one attached hydrogen (secondary N) is 1. The van der Waals surface area contributed by atoms with E-state index in [1.807, 2.05) is 0 Å². The van der Waals surface area contributed by atoms with Gasteiger partial charge in [-0.25, -0.2) is 14.8 Å². The van der Waals surface area contributed by atoms with Gasteiger partial charge in [-0.2, -0.15) is 26.3 Å². The first kappa shape index (κ1) is 25.6. The highest BCUT2D eigenvalue weighted by atomic mass is 19.4. The Morgan fingerprint density at radius 1 is 1.08 bits per heavy atom. The van der Waals surface area contributed by atoms with Crippen molar-refractivity contribution in [3.05, 3.63) is 46.1 Å². The van der Waals surface area contributed by atoms with E-state index in [1.54, 1.807) is 11.8 Å². The second kappa shape index (κ2) is 9.50. The molecule has 36 heavy (non-hydrogen) atoms. The van der Waals surface area contributed by atoms with Crippen LogP contribution in [0.15, 0.2) is 29.5 Å². The van der Waals surface area contributed by atoms with E-state index >= 15 is 0 Å². The summed E-state index contributed by atoms with van der Waals surface area (Å²) in [5, 5.41) is 0. The predicted molar refractivity (Wildman–Crippen MR) is 114 cm³/mol. The fraction of sp³-hybridized carbons (Fsp3) is 0.524. The zero-order valence-corrected chi connectivity index (χ0v) is 18.9. The average molecular weight is 520 g/mol. The minimum Gasteiger partial charge on any atom is -0.425 e. The van der Waals surface area contributed by atoms with E-state index < -0.39 is 47.4 Å².